The molecule has 1 aliphatic heterocycles. The van der Waals surface area contributed by atoms with Crippen molar-refractivity contribution in [3.05, 3.63) is 86.8 Å². The van der Waals surface area contributed by atoms with Crippen LogP contribution in [0.3, 0.4) is 0 Å². The van der Waals surface area contributed by atoms with Crippen molar-refractivity contribution in [2.75, 3.05) is 12.4 Å². The predicted molar refractivity (Wildman–Crippen MR) is 143 cm³/mol. The van der Waals surface area contributed by atoms with Crippen molar-refractivity contribution in [2.45, 2.75) is 50.8 Å². The van der Waals surface area contributed by atoms with Gasteiger partial charge in [-0.25, -0.2) is 0 Å². The Bertz CT molecular complexity index is 1470. The number of carbonyl (C=O) groups excluding carboxylic acids is 2. The van der Waals surface area contributed by atoms with E-state index in [0.717, 1.165) is 0 Å². The number of nitrogens with two attached hydrogens (primary N) is 1. The minimum Gasteiger partial charge on any atom is -0.382 e. The van der Waals surface area contributed by atoms with Crippen LogP contribution in [0.5, 0.6) is 0 Å². The highest BCUT2D eigenvalue weighted by Crippen LogP contribution is 2.36. The number of hydrogen-bond acceptors (Lipinski definition) is 5. The Morgan fingerprint density at radius 3 is 2.45 bits per heavy atom. The molecule has 0 fully saturated rings. The molecule has 2 aromatic carbocycles. The number of fused-ring (bicyclic) bond motifs is 3. The molecule has 0 radical (unpaired) electrons. The summed E-state index contributed by atoms with van der Waals surface area (Å²) in [7, 11) is 1.46. The van der Waals surface area contributed by atoms with Gasteiger partial charge in [0.1, 0.15) is 6.04 Å². The fourth-order valence-corrected chi connectivity index (χ4v) is 4.71. The summed E-state index contributed by atoms with van der Waals surface area (Å²) in [6.45, 7) is 1.27. The lowest BCUT2D eigenvalue weighted by molar-refractivity contribution is -0.223. The van der Waals surface area contributed by atoms with Crippen LogP contribution in [0.1, 0.15) is 40.9 Å². The van der Waals surface area contributed by atoms with Crippen molar-refractivity contribution >= 4 is 29.1 Å². The summed E-state index contributed by atoms with van der Waals surface area (Å²) in [4.78, 5) is 38.2. The third kappa shape index (κ3) is 6.55. The molecule has 0 saturated heterocycles. The molecule has 0 aliphatic carbocycles. The van der Waals surface area contributed by atoms with Crippen molar-refractivity contribution in [3.63, 3.8) is 0 Å². The molecule has 3 aromatic rings. The minimum atomic E-state index is -4.62. The first-order valence-corrected chi connectivity index (χ1v) is 12.7. The van der Waals surface area contributed by atoms with Crippen LogP contribution in [0.2, 0.25) is 5.02 Å². The number of benzene rings is 2. The number of methoxy groups -OCH3 is 1. The van der Waals surface area contributed by atoms with Gasteiger partial charge in [-0.15, -0.1) is 0 Å². The molecule has 3 atom stereocenters. The Hall–Kier alpha value is -3.67. The molecule has 3 N–H and O–H groups in total. The van der Waals surface area contributed by atoms with Gasteiger partial charge < -0.3 is 25.1 Å². The van der Waals surface area contributed by atoms with E-state index in [9.17, 15) is 27.6 Å². The molecular weight excluding hydrogens is 551 g/mol. The zero-order valence-electron chi connectivity index (χ0n) is 21.6. The molecule has 0 saturated carbocycles. The Morgan fingerprint density at radius 1 is 1.15 bits per heavy atom. The second-order valence-corrected chi connectivity index (χ2v) is 9.97. The zero-order chi connectivity index (χ0) is 29.2. The smallest absolute Gasteiger partial charge is 0.382 e. The van der Waals surface area contributed by atoms with Crippen molar-refractivity contribution in [3.8, 4) is 11.1 Å². The van der Waals surface area contributed by atoms with Gasteiger partial charge in [0.15, 0.2) is 6.10 Å². The molecule has 2 unspecified atom stereocenters. The largest absolute Gasteiger partial charge is 0.414 e. The summed E-state index contributed by atoms with van der Waals surface area (Å²) in [5.74, 6) is -1.20. The summed E-state index contributed by atoms with van der Waals surface area (Å²) in [5.41, 5.74) is 6.69. The highest BCUT2D eigenvalue weighted by Gasteiger charge is 2.42. The maximum atomic E-state index is 13.7. The average molecular weight is 578 g/mol. The lowest BCUT2D eigenvalue weighted by Gasteiger charge is -2.28. The van der Waals surface area contributed by atoms with E-state index < -0.39 is 54.8 Å². The summed E-state index contributed by atoms with van der Waals surface area (Å²) >= 11 is 6.17. The van der Waals surface area contributed by atoms with Crippen LogP contribution >= 0.6 is 11.6 Å². The number of primary amides is 1. The van der Waals surface area contributed by atoms with Gasteiger partial charge in [-0.1, -0.05) is 17.7 Å². The van der Waals surface area contributed by atoms with Crippen LogP contribution in [0, 0.1) is 0 Å². The number of pyridine rings is 1. The topological polar surface area (TPSA) is 113 Å². The molecule has 12 heteroatoms. The average Bonchev–Trinajstić information content (AvgIpc) is 2.89. The third-order valence-electron chi connectivity index (χ3n) is 6.77. The van der Waals surface area contributed by atoms with E-state index in [1.54, 1.807) is 6.92 Å². The van der Waals surface area contributed by atoms with Gasteiger partial charge in [-0.05, 0) is 60.0 Å². The highest BCUT2D eigenvalue weighted by atomic mass is 35.5. The van der Waals surface area contributed by atoms with Gasteiger partial charge in [0.2, 0.25) is 11.8 Å². The number of nitrogens with one attached hydrogen (secondary N) is 1. The third-order valence-corrected chi connectivity index (χ3v) is 7.00. The maximum absolute atomic E-state index is 13.7. The lowest BCUT2D eigenvalue weighted by atomic mass is 9.92. The fourth-order valence-electron chi connectivity index (χ4n) is 4.54. The molecule has 8 nitrogen and oxygen atoms in total. The van der Waals surface area contributed by atoms with E-state index in [2.05, 4.69) is 5.32 Å². The summed E-state index contributed by atoms with van der Waals surface area (Å²) in [5, 5.41) is 3.01. The number of ether oxygens (including phenoxy) is 2. The Morgan fingerprint density at radius 2 is 1.82 bits per heavy atom. The molecule has 4 rings (SSSR count). The van der Waals surface area contributed by atoms with Gasteiger partial charge in [0.25, 0.3) is 5.56 Å². The zero-order valence-corrected chi connectivity index (χ0v) is 22.4. The van der Waals surface area contributed by atoms with Crippen LogP contribution in [0.25, 0.3) is 11.1 Å². The van der Waals surface area contributed by atoms with Crippen LogP contribution in [-0.4, -0.2) is 41.9 Å². The number of nitrogens with zero attached hydrogens (tertiary/aromatic N) is 1. The van der Waals surface area contributed by atoms with Crippen molar-refractivity contribution in [1.82, 2.24) is 4.57 Å². The molecule has 1 aliphatic rings. The number of alkyl halides is 3. The standard InChI is InChI=1S/C28H27ClF3N3O5/c1-15(39-2)9-23(27(38)34-20-7-4-16(5-8-20)26(33)37)35-13-18-14-40-24(28(30,31)32)10-17-3-6-19(29)11-21(17)22(18)12-25(35)36/h3-8,11-13,15,23-24H,9-10,14H2,1-2H3,(H2,33,37)(H,34,38)/t15-,23?,24?/m0/s1. The number of amides is 2. The molecule has 1 aromatic heterocycles. The van der Waals surface area contributed by atoms with Crippen LogP contribution < -0.4 is 16.6 Å². The molecule has 0 spiro atoms. The predicted octanol–water partition coefficient (Wildman–Crippen LogP) is 4.88. The first-order chi connectivity index (χ1) is 18.9. The monoisotopic (exact) mass is 577 g/mol. The van der Waals surface area contributed by atoms with Crippen LogP contribution in [0.4, 0.5) is 18.9 Å². The first-order valence-electron chi connectivity index (χ1n) is 12.3. The highest BCUT2D eigenvalue weighted by molar-refractivity contribution is 6.30. The Labute approximate surface area is 232 Å². The normalized spacial score (nSPS) is 16.6. The summed E-state index contributed by atoms with van der Waals surface area (Å²) < 4.78 is 53.0. The molecular formula is C28H27ClF3N3O5. The van der Waals surface area contributed by atoms with E-state index in [-0.39, 0.29) is 17.5 Å². The molecule has 0 bridgehead atoms. The SMILES string of the molecule is CO[C@@H](C)CC(C(=O)Nc1ccc(C(N)=O)cc1)n1cc2c(cc1=O)-c1cc(Cl)ccc1CC(C(F)(F)F)OC2. The number of aromatic nitrogens is 1. The second kappa shape index (κ2) is 11.8. The van der Waals surface area contributed by atoms with E-state index >= 15 is 0 Å². The van der Waals surface area contributed by atoms with Gasteiger partial charge in [-0.2, -0.15) is 13.2 Å². The quantitative estimate of drug-likeness (QED) is 0.416. The minimum absolute atomic E-state index is 0.0782. The van der Waals surface area contributed by atoms with E-state index in [1.165, 1.54) is 66.4 Å². The van der Waals surface area contributed by atoms with Crippen molar-refractivity contribution < 1.29 is 32.2 Å². The molecule has 40 heavy (non-hydrogen) atoms. The number of carbonyl (C=O) groups is 2. The lowest BCUT2D eigenvalue weighted by Crippen LogP contribution is -2.37. The van der Waals surface area contributed by atoms with Gasteiger partial charge in [0.05, 0.1) is 12.7 Å². The second-order valence-electron chi connectivity index (χ2n) is 9.53. The van der Waals surface area contributed by atoms with E-state index in [0.29, 0.717) is 27.4 Å². The number of hydrogen-bond donors (Lipinski definition) is 2. The van der Waals surface area contributed by atoms with Gasteiger partial charge >= 0.3 is 6.18 Å². The van der Waals surface area contributed by atoms with E-state index in [1.807, 2.05) is 0 Å². The Kier molecular flexibility index (Phi) is 8.67. The number of halogens is 4. The summed E-state index contributed by atoms with van der Waals surface area (Å²) in [6.07, 6.45) is -6.16. The summed E-state index contributed by atoms with van der Waals surface area (Å²) in [6, 6.07) is 10.5. The molecule has 2 heterocycles. The molecule has 212 valence electrons. The van der Waals surface area contributed by atoms with Crippen molar-refractivity contribution in [2.24, 2.45) is 5.73 Å². The number of anilines is 1. The van der Waals surface area contributed by atoms with Crippen LogP contribution in [0.15, 0.2) is 59.5 Å². The Balaban J connectivity index is 1.77. The van der Waals surface area contributed by atoms with Crippen LogP contribution in [-0.2, 0) is 27.3 Å². The molecule has 2 amide bonds. The maximum Gasteiger partial charge on any atom is 0.414 e. The fraction of sp³-hybridized carbons (Fsp3) is 0.321. The number of rotatable bonds is 7. The van der Waals surface area contributed by atoms with Gasteiger partial charge in [0, 0.05) is 54.1 Å². The van der Waals surface area contributed by atoms with E-state index in [4.69, 9.17) is 26.8 Å². The first kappa shape index (κ1) is 29.3. The van der Waals surface area contributed by atoms with Gasteiger partial charge in [-0.3, -0.25) is 14.4 Å². The van der Waals surface area contributed by atoms with Crippen molar-refractivity contribution in [1.29, 1.82) is 0 Å².